The average Bonchev–Trinajstić information content (AvgIpc) is 3.07. The Kier molecular flexibility index (Phi) is 4.71. The van der Waals surface area contributed by atoms with Crippen LogP contribution in [-0.2, 0) is 4.79 Å². The highest BCUT2D eigenvalue weighted by molar-refractivity contribution is 5.99. The Morgan fingerprint density at radius 2 is 1.81 bits per heavy atom. The molecule has 0 unspecified atom stereocenters. The fourth-order valence-electron chi connectivity index (χ4n) is 3.44. The van der Waals surface area contributed by atoms with Gasteiger partial charge in [0, 0.05) is 38.2 Å². The van der Waals surface area contributed by atoms with E-state index in [4.69, 9.17) is 4.52 Å². The molecule has 7 nitrogen and oxygen atoms in total. The highest BCUT2D eigenvalue weighted by Crippen LogP contribution is 2.37. The van der Waals surface area contributed by atoms with Gasteiger partial charge in [-0.05, 0) is 12.8 Å². The van der Waals surface area contributed by atoms with Gasteiger partial charge >= 0.3 is 5.97 Å². The first kappa shape index (κ1) is 18.0. The number of carboxylic acids is 1. The molecule has 1 fully saturated rings. The Balaban J connectivity index is 1.87. The van der Waals surface area contributed by atoms with Crippen molar-refractivity contribution in [2.24, 2.45) is 5.41 Å². The van der Waals surface area contributed by atoms with Crippen LogP contribution < -0.4 is 4.90 Å². The number of carbonyl (C=O) groups excluding carboxylic acids is 1. The highest BCUT2D eigenvalue weighted by Gasteiger charge is 2.39. The van der Waals surface area contributed by atoms with Crippen molar-refractivity contribution in [1.29, 1.82) is 0 Å². The van der Waals surface area contributed by atoms with Gasteiger partial charge in [-0.15, -0.1) is 0 Å². The number of hydrogen-bond acceptors (Lipinski definition) is 5. The minimum Gasteiger partial charge on any atom is -0.477 e. The SMILES string of the molecule is CN(C)C(=O)C1(C)CCN(c2noc(-c3ccccc3)c2C(=O)O)CC1. The first-order valence-corrected chi connectivity index (χ1v) is 8.58. The molecule has 0 saturated carbocycles. The van der Waals surface area contributed by atoms with Gasteiger partial charge < -0.3 is 19.4 Å². The van der Waals surface area contributed by atoms with E-state index in [1.807, 2.05) is 30.0 Å². The summed E-state index contributed by atoms with van der Waals surface area (Å²) in [7, 11) is 3.51. The van der Waals surface area contributed by atoms with E-state index in [1.54, 1.807) is 31.1 Å². The molecule has 26 heavy (non-hydrogen) atoms. The monoisotopic (exact) mass is 357 g/mol. The molecule has 138 valence electrons. The molecule has 3 rings (SSSR count). The quantitative estimate of drug-likeness (QED) is 0.905. The molecule has 1 saturated heterocycles. The molecule has 1 aliphatic heterocycles. The van der Waals surface area contributed by atoms with Crippen molar-refractivity contribution in [1.82, 2.24) is 10.1 Å². The number of hydrogen-bond donors (Lipinski definition) is 1. The minimum atomic E-state index is -1.07. The van der Waals surface area contributed by atoms with Gasteiger partial charge in [-0.2, -0.15) is 0 Å². The van der Waals surface area contributed by atoms with Crippen LogP contribution in [0, 0.1) is 5.41 Å². The van der Waals surface area contributed by atoms with E-state index in [0.29, 0.717) is 37.3 Å². The predicted octanol–water partition coefficient (Wildman–Crippen LogP) is 2.73. The molecule has 7 heteroatoms. The largest absolute Gasteiger partial charge is 0.477 e. The van der Waals surface area contributed by atoms with Gasteiger partial charge in [0.05, 0.1) is 0 Å². The molecule has 1 N–H and O–H groups in total. The summed E-state index contributed by atoms with van der Waals surface area (Å²) in [5, 5.41) is 13.7. The van der Waals surface area contributed by atoms with Crippen molar-refractivity contribution < 1.29 is 19.2 Å². The summed E-state index contributed by atoms with van der Waals surface area (Å²) in [6, 6.07) is 9.08. The van der Waals surface area contributed by atoms with Gasteiger partial charge in [-0.3, -0.25) is 4.79 Å². The van der Waals surface area contributed by atoms with E-state index in [0.717, 1.165) is 0 Å². The zero-order valence-corrected chi connectivity index (χ0v) is 15.2. The highest BCUT2D eigenvalue weighted by atomic mass is 16.5. The maximum Gasteiger partial charge on any atom is 0.343 e. The lowest BCUT2D eigenvalue weighted by Crippen LogP contribution is -2.47. The molecule has 0 spiro atoms. The van der Waals surface area contributed by atoms with Gasteiger partial charge in [0.25, 0.3) is 0 Å². The Morgan fingerprint density at radius 3 is 2.35 bits per heavy atom. The number of piperidine rings is 1. The third-order valence-electron chi connectivity index (χ3n) is 5.01. The summed E-state index contributed by atoms with van der Waals surface area (Å²) in [5.74, 6) is -0.389. The number of aromatic nitrogens is 1. The van der Waals surface area contributed by atoms with Gasteiger partial charge in [0.1, 0.15) is 0 Å². The van der Waals surface area contributed by atoms with Gasteiger partial charge in [-0.1, -0.05) is 42.4 Å². The average molecular weight is 357 g/mol. The molecule has 1 aliphatic rings. The first-order chi connectivity index (χ1) is 12.3. The standard InChI is InChI=1S/C19H23N3O4/c1-19(18(25)21(2)3)9-11-22(12-10-19)16-14(17(23)24)15(26-20-16)13-7-5-4-6-8-13/h4-8H,9-12H2,1-3H3,(H,23,24). The molecule has 0 bridgehead atoms. The number of rotatable bonds is 4. The molecular weight excluding hydrogens is 334 g/mol. The van der Waals surface area contributed by atoms with E-state index in [1.165, 1.54) is 0 Å². The fraction of sp³-hybridized carbons (Fsp3) is 0.421. The third kappa shape index (κ3) is 3.16. The third-order valence-corrected chi connectivity index (χ3v) is 5.01. The predicted molar refractivity (Wildman–Crippen MR) is 97.1 cm³/mol. The van der Waals surface area contributed by atoms with Gasteiger partial charge in [0.15, 0.2) is 17.1 Å². The number of anilines is 1. The zero-order valence-electron chi connectivity index (χ0n) is 15.2. The number of carboxylic acid groups (broad SMARTS) is 1. The van der Waals surface area contributed by atoms with Crippen LogP contribution in [0.2, 0.25) is 0 Å². The summed E-state index contributed by atoms with van der Waals surface area (Å²) < 4.78 is 5.39. The van der Waals surface area contributed by atoms with E-state index in [2.05, 4.69) is 5.16 Å². The summed E-state index contributed by atoms with van der Waals surface area (Å²) in [4.78, 5) is 27.8. The second-order valence-corrected chi connectivity index (χ2v) is 7.13. The topological polar surface area (TPSA) is 86.9 Å². The van der Waals surface area contributed by atoms with E-state index >= 15 is 0 Å². The summed E-state index contributed by atoms with van der Waals surface area (Å²) in [6.07, 6.45) is 1.27. The Bertz CT molecular complexity index is 805. The number of nitrogens with zero attached hydrogens (tertiary/aromatic N) is 3. The van der Waals surface area contributed by atoms with Gasteiger partial charge in [-0.25, -0.2) is 4.79 Å². The molecular formula is C19H23N3O4. The number of amides is 1. The van der Waals surface area contributed by atoms with E-state index in [-0.39, 0.29) is 17.2 Å². The van der Waals surface area contributed by atoms with Crippen molar-refractivity contribution in [3.05, 3.63) is 35.9 Å². The van der Waals surface area contributed by atoms with Crippen LogP contribution in [0.3, 0.4) is 0 Å². The summed E-state index contributed by atoms with van der Waals surface area (Å²) in [5.41, 5.74) is 0.307. The molecule has 0 atom stereocenters. The van der Waals surface area contributed by atoms with Crippen LogP contribution in [0.25, 0.3) is 11.3 Å². The van der Waals surface area contributed by atoms with Crippen LogP contribution in [0.15, 0.2) is 34.9 Å². The smallest absolute Gasteiger partial charge is 0.343 e. The van der Waals surface area contributed by atoms with Crippen molar-refractivity contribution in [2.45, 2.75) is 19.8 Å². The summed E-state index contributed by atoms with van der Waals surface area (Å²) in [6.45, 7) is 3.07. The number of carbonyl (C=O) groups is 2. The lowest BCUT2D eigenvalue weighted by atomic mass is 9.79. The normalized spacial score (nSPS) is 16.3. The maximum absolute atomic E-state index is 12.4. The van der Waals surface area contributed by atoms with Gasteiger partial charge in [0.2, 0.25) is 5.91 Å². The first-order valence-electron chi connectivity index (χ1n) is 8.58. The zero-order chi connectivity index (χ0) is 18.9. The lowest BCUT2D eigenvalue weighted by Gasteiger charge is -2.39. The fourth-order valence-corrected chi connectivity index (χ4v) is 3.44. The maximum atomic E-state index is 12.4. The number of aromatic carboxylic acids is 1. The van der Waals surface area contributed by atoms with Crippen molar-refractivity contribution in [3.8, 4) is 11.3 Å². The second kappa shape index (κ2) is 6.82. The van der Waals surface area contributed by atoms with Crippen LogP contribution in [0.5, 0.6) is 0 Å². The Morgan fingerprint density at radius 1 is 1.19 bits per heavy atom. The molecule has 1 amide bonds. The van der Waals surface area contributed by atoms with Crippen LogP contribution in [0.1, 0.15) is 30.1 Å². The molecule has 1 aromatic heterocycles. The van der Waals surface area contributed by atoms with Crippen molar-refractivity contribution in [3.63, 3.8) is 0 Å². The van der Waals surface area contributed by atoms with E-state index < -0.39 is 11.4 Å². The van der Waals surface area contributed by atoms with Crippen LogP contribution >= 0.6 is 0 Å². The molecule has 0 radical (unpaired) electrons. The summed E-state index contributed by atoms with van der Waals surface area (Å²) >= 11 is 0. The minimum absolute atomic E-state index is 0.0683. The van der Waals surface area contributed by atoms with Crippen molar-refractivity contribution >= 4 is 17.7 Å². The van der Waals surface area contributed by atoms with Crippen LogP contribution in [-0.4, -0.2) is 54.2 Å². The Labute approximate surface area is 152 Å². The second-order valence-electron chi connectivity index (χ2n) is 7.13. The Hall–Kier alpha value is -2.83. The molecule has 0 aliphatic carbocycles. The lowest BCUT2D eigenvalue weighted by molar-refractivity contribution is -0.139. The molecule has 2 heterocycles. The molecule has 1 aromatic carbocycles. The van der Waals surface area contributed by atoms with Crippen LogP contribution in [0.4, 0.5) is 5.82 Å². The van der Waals surface area contributed by atoms with E-state index in [9.17, 15) is 14.7 Å². The molecule has 2 aromatic rings. The number of benzene rings is 1. The van der Waals surface area contributed by atoms with Crippen molar-refractivity contribution in [2.75, 3.05) is 32.1 Å².